The minimum absolute atomic E-state index is 0.144. The van der Waals surface area contributed by atoms with E-state index < -0.39 is 10.0 Å². The summed E-state index contributed by atoms with van der Waals surface area (Å²) in [6.45, 7) is 6.48. The van der Waals surface area contributed by atoms with E-state index in [0.29, 0.717) is 10.8 Å². The van der Waals surface area contributed by atoms with Gasteiger partial charge in [-0.3, -0.25) is 0 Å². The van der Waals surface area contributed by atoms with Gasteiger partial charge in [0, 0.05) is 12.6 Å². The van der Waals surface area contributed by atoms with Crippen LogP contribution in [-0.4, -0.2) is 21.0 Å². The maximum atomic E-state index is 12.0. The fourth-order valence-electron chi connectivity index (χ4n) is 1.72. The smallest absolute Gasteiger partial charge is 0.240 e. The van der Waals surface area contributed by atoms with Crippen molar-refractivity contribution in [3.8, 4) is 0 Å². The van der Waals surface area contributed by atoms with Gasteiger partial charge in [0.15, 0.2) is 0 Å². The van der Waals surface area contributed by atoms with E-state index in [1.165, 1.54) is 0 Å². The van der Waals surface area contributed by atoms with Gasteiger partial charge in [-0.2, -0.15) is 0 Å². The average Bonchev–Trinajstić information content (AvgIpc) is 2.36. The number of rotatable bonds is 7. The topological polar surface area (TPSA) is 72.2 Å². The molecule has 1 rings (SSSR count). The summed E-state index contributed by atoms with van der Waals surface area (Å²) in [7, 11) is -3.44. The van der Waals surface area contributed by atoms with Crippen LogP contribution in [0, 0.1) is 5.92 Å². The number of hydrogen-bond acceptors (Lipinski definition) is 3. The van der Waals surface area contributed by atoms with Crippen molar-refractivity contribution in [3.63, 3.8) is 0 Å². The van der Waals surface area contributed by atoms with E-state index in [2.05, 4.69) is 18.6 Å². The van der Waals surface area contributed by atoms with Crippen molar-refractivity contribution in [1.29, 1.82) is 0 Å². The molecule has 1 aromatic rings. The zero-order chi connectivity index (χ0) is 14.5. The second-order valence-electron chi connectivity index (χ2n) is 5.26. The van der Waals surface area contributed by atoms with Crippen LogP contribution in [0.1, 0.15) is 32.8 Å². The summed E-state index contributed by atoms with van der Waals surface area (Å²) in [5, 5.41) is 0. The highest BCUT2D eigenvalue weighted by Gasteiger charge is 2.14. The number of benzene rings is 1. The highest BCUT2D eigenvalue weighted by molar-refractivity contribution is 7.89. The van der Waals surface area contributed by atoms with Gasteiger partial charge in [-0.25, -0.2) is 13.1 Å². The van der Waals surface area contributed by atoms with Crippen molar-refractivity contribution in [2.24, 2.45) is 11.7 Å². The van der Waals surface area contributed by atoms with Crippen molar-refractivity contribution in [2.75, 3.05) is 6.54 Å². The van der Waals surface area contributed by atoms with Gasteiger partial charge < -0.3 is 5.73 Å². The van der Waals surface area contributed by atoms with Crippen LogP contribution in [0.4, 0.5) is 0 Å². The Morgan fingerprint density at radius 3 is 2.26 bits per heavy atom. The van der Waals surface area contributed by atoms with E-state index in [1.54, 1.807) is 12.1 Å². The molecule has 1 aromatic carbocycles. The quantitative estimate of drug-likeness (QED) is 0.803. The van der Waals surface area contributed by atoms with E-state index in [0.717, 1.165) is 18.4 Å². The van der Waals surface area contributed by atoms with Crippen molar-refractivity contribution in [3.05, 3.63) is 29.8 Å². The van der Waals surface area contributed by atoms with Gasteiger partial charge in [-0.05, 0) is 36.5 Å². The van der Waals surface area contributed by atoms with Crippen molar-refractivity contribution in [1.82, 2.24) is 4.72 Å². The molecule has 108 valence electrons. The van der Waals surface area contributed by atoms with Crippen LogP contribution >= 0.6 is 0 Å². The van der Waals surface area contributed by atoms with E-state index in [4.69, 9.17) is 5.73 Å². The number of hydrogen-bond donors (Lipinski definition) is 2. The third kappa shape index (κ3) is 5.30. The summed E-state index contributed by atoms with van der Waals surface area (Å²) >= 11 is 0. The van der Waals surface area contributed by atoms with E-state index >= 15 is 0 Å². The first-order chi connectivity index (χ1) is 8.85. The molecule has 0 fully saturated rings. The van der Waals surface area contributed by atoms with Gasteiger partial charge in [0.25, 0.3) is 0 Å². The molecule has 0 aromatic heterocycles. The van der Waals surface area contributed by atoms with Crippen LogP contribution < -0.4 is 10.5 Å². The Labute approximate surface area is 116 Å². The Balaban J connectivity index is 2.73. The van der Waals surface area contributed by atoms with E-state index in [1.807, 2.05) is 19.1 Å². The van der Waals surface area contributed by atoms with Crippen molar-refractivity contribution >= 4 is 10.0 Å². The van der Waals surface area contributed by atoms with Crippen LogP contribution in [0.3, 0.4) is 0 Å². The van der Waals surface area contributed by atoms with Crippen LogP contribution in [0.15, 0.2) is 29.2 Å². The molecule has 19 heavy (non-hydrogen) atoms. The lowest BCUT2D eigenvalue weighted by atomic mass is 10.0. The monoisotopic (exact) mass is 284 g/mol. The molecule has 0 aliphatic rings. The minimum atomic E-state index is -3.44. The Bertz CT molecular complexity index is 481. The van der Waals surface area contributed by atoms with E-state index in [-0.39, 0.29) is 12.6 Å². The normalized spacial score (nSPS) is 13.7. The molecule has 4 nitrogen and oxygen atoms in total. The van der Waals surface area contributed by atoms with Crippen molar-refractivity contribution < 1.29 is 8.42 Å². The Morgan fingerprint density at radius 1 is 1.21 bits per heavy atom. The van der Waals surface area contributed by atoms with Gasteiger partial charge in [0.05, 0.1) is 4.90 Å². The number of nitrogens with one attached hydrogen (secondary N) is 1. The number of sulfonamides is 1. The molecule has 0 spiro atoms. The predicted octanol–water partition coefficient (Wildman–Crippen LogP) is 1.90. The molecule has 1 atom stereocenters. The molecular formula is C14H24N2O2S. The van der Waals surface area contributed by atoms with Gasteiger partial charge in [-0.1, -0.05) is 32.9 Å². The zero-order valence-corrected chi connectivity index (χ0v) is 12.7. The second-order valence-corrected chi connectivity index (χ2v) is 7.03. The zero-order valence-electron chi connectivity index (χ0n) is 11.9. The lowest BCUT2D eigenvalue weighted by Crippen LogP contribution is -2.36. The van der Waals surface area contributed by atoms with Crippen LogP contribution in [0.25, 0.3) is 0 Å². The Morgan fingerprint density at radius 2 is 1.79 bits per heavy atom. The molecule has 3 N–H and O–H groups in total. The third-order valence-corrected chi connectivity index (χ3v) is 4.38. The lowest BCUT2D eigenvalue weighted by molar-refractivity contribution is 0.564. The molecule has 5 heteroatoms. The Kier molecular flexibility index (Phi) is 5.97. The first kappa shape index (κ1) is 16.1. The summed E-state index contributed by atoms with van der Waals surface area (Å²) in [6.07, 6.45) is 1.70. The standard InChI is InChI=1S/C14H24N2O2S/c1-4-13(15)10-16-19(17,18)14-7-5-12(6-8-14)9-11(2)3/h5-8,11,13,16H,4,9-10,15H2,1-3H3. The summed E-state index contributed by atoms with van der Waals surface area (Å²) in [6, 6.07) is 6.90. The molecule has 0 bridgehead atoms. The van der Waals surface area contributed by atoms with Gasteiger partial charge in [0.2, 0.25) is 10.0 Å². The molecule has 1 unspecified atom stereocenters. The SMILES string of the molecule is CCC(N)CNS(=O)(=O)c1ccc(CC(C)C)cc1. The van der Waals surface area contributed by atoms with Gasteiger partial charge in [0.1, 0.15) is 0 Å². The highest BCUT2D eigenvalue weighted by atomic mass is 32.2. The molecule has 0 saturated heterocycles. The van der Waals surface area contributed by atoms with E-state index in [9.17, 15) is 8.42 Å². The van der Waals surface area contributed by atoms with Crippen LogP contribution in [0.2, 0.25) is 0 Å². The largest absolute Gasteiger partial charge is 0.327 e. The fraction of sp³-hybridized carbons (Fsp3) is 0.571. The molecule has 0 aliphatic heterocycles. The maximum Gasteiger partial charge on any atom is 0.240 e. The molecule has 0 heterocycles. The molecular weight excluding hydrogens is 260 g/mol. The summed E-state index contributed by atoms with van der Waals surface area (Å²) in [5.41, 5.74) is 6.86. The highest BCUT2D eigenvalue weighted by Crippen LogP contribution is 2.13. The van der Waals surface area contributed by atoms with Gasteiger partial charge >= 0.3 is 0 Å². The molecule has 0 saturated carbocycles. The maximum absolute atomic E-state index is 12.0. The summed E-state index contributed by atoms with van der Waals surface area (Å²) in [4.78, 5) is 0.295. The summed E-state index contributed by atoms with van der Waals surface area (Å²) < 4.78 is 26.6. The van der Waals surface area contributed by atoms with Crippen molar-refractivity contribution in [2.45, 2.75) is 44.6 Å². The van der Waals surface area contributed by atoms with Crippen LogP contribution in [0.5, 0.6) is 0 Å². The predicted molar refractivity (Wildman–Crippen MR) is 78.4 cm³/mol. The third-order valence-electron chi connectivity index (χ3n) is 2.94. The van der Waals surface area contributed by atoms with Gasteiger partial charge in [-0.15, -0.1) is 0 Å². The number of nitrogens with two attached hydrogens (primary N) is 1. The van der Waals surface area contributed by atoms with Crippen LogP contribution in [-0.2, 0) is 16.4 Å². The first-order valence-electron chi connectivity index (χ1n) is 6.69. The molecule has 0 aliphatic carbocycles. The Hall–Kier alpha value is -0.910. The fourth-order valence-corrected chi connectivity index (χ4v) is 2.82. The summed E-state index contributed by atoms with van der Waals surface area (Å²) in [5.74, 6) is 0.558. The molecule has 0 amide bonds. The first-order valence-corrected chi connectivity index (χ1v) is 8.17. The lowest BCUT2D eigenvalue weighted by Gasteiger charge is -2.11. The second kappa shape index (κ2) is 7.03. The average molecular weight is 284 g/mol. The minimum Gasteiger partial charge on any atom is -0.327 e. The molecule has 0 radical (unpaired) electrons.